The molecule has 0 aliphatic carbocycles. The SMILES string of the molecule is O=C(NCc1ccccn1)c1ccc(Nc2ccccc2Br)nc1. The summed E-state index contributed by atoms with van der Waals surface area (Å²) in [5.74, 6) is 0.490. The van der Waals surface area contributed by atoms with Gasteiger partial charge >= 0.3 is 0 Å². The van der Waals surface area contributed by atoms with E-state index in [0.29, 0.717) is 17.9 Å². The maximum Gasteiger partial charge on any atom is 0.253 e. The number of carbonyl (C=O) groups is 1. The van der Waals surface area contributed by atoms with Crippen LogP contribution in [0.15, 0.2) is 71.5 Å². The first-order valence-electron chi connectivity index (χ1n) is 7.38. The van der Waals surface area contributed by atoms with E-state index in [1.54, 1.807) is 24.5 Å². The molecule has 0 radical (unpaired) electrons. The number of amides is 1. The number of rotatable bonds is 5. The van der Waals surface area contributed by atoms with E-state index in [0.717, 1.165) is 15.9 Å². The topological polar surface area (TPSA) is 66.9 Å². The molecule has 3 rings (SSSR count). The van der Waals surface area contributed by atoms with Gasteiger partial charge in [0.05, 0.1) is 23.5 Å². The van der Waals surface area contributed by atoms with Gasteiger partial charge in [-0.05, 0) is 52.3 Å². The molecule has 2 N–H and O–H groups in total. The Morgan fingerprint density at radius 1 is 1.00 bits per heavy atom. The Labute approximate surface area is 148 Å². The second kappa shape index (κ2) is 7.70. The van der Waals surface area contributed by atoms with Crippen LogP contribution in [0.5, 0.6) is 0 Å². The number of hydrogen-bond acceptors (Lipinski definition) is 4. The van der Waals surface area contributed by atoms with Crippen molar-refractivity contribution in [2.45, 2.75) is 6.54 Å². The van der Waals surface area contributed by atoms with Crippen molar-refractivity contribution in [3.63, 3.8) is 0 Å². The van der Waals surface area contributed by atoms with Crippen molar-refractivity contribution in [2.75, 3.05) is 5.32 Å². The first-order chi connectivity index (χ1) is 11.7. The maximum absolute atomic E-state index is 12.1. The van der Waals surface area contributed by atoms with Crippen molar-refractivity contribution < 1.29 is 4.79 Å². The molecular weight excluding hydrogens is 368 g/mol. The Bertz CT molecular complexity index is 822. The van der Waals surface area contributed by atoms with Gasteiger partial charge in [0.25, 0.3) is 5.91 Å². The molecule has 1 aromatic carbocycles. The maximum atomic E-state index is 12.1. The van der Waals surface area contributed by atoms with Gasteiger partial charge in [-0.25, -0.2) is 4.98 Å². The van der Waals surface area contributed by atoms with Gasteiger partial charge in [-0.15, -0.1) is 0 Å². The van der Waals surface area contributed by atoms with E-state index in [1.165, 1.54) is 0 Å². The molecule has 0 fully saturated rings. The third-order valence-electron chi connectivity index (χ3n) is 3.32. The predicted octanol–water partition coefficient (Wildman–Crippen LogP) is 3.91. The van der Waals surface area contributed by atoms with Crippen LogP contribution in [0.3, 0.4) is 0 Å². The molecular formula is C18H15BrN4O. The molecule has 1 amide bonds. The Morgan fingerprint density at radius 2 is 1.83 bits per heavy atom. The number of hydrogen-bond donors (Lipinski definition) is 2. The Kier molecular flexibility index (Phi) is 5.18. The van der Waals surface area contributed by atoms with E-state index in [1.807, 2.05) is 42.5 Å². The van der Waals surface area contributed by atoms with Crippen LogP contribution >= 0.6 is 15.9 Å². The van der Waals surface area contributed by atoms with E-state index in [2.05, 4.69) is 36.5 Å². The van der Waals surface area contributed by atoms with E-state index in [9.17, 15) is 4.79 Å². The summed E-state index contributed by atoms with van der Waals surface area (Å²) >= 11 is 3.47. The lowest BCUT2D eigenvalue weighted by Gasteiger charge is -2.08. The molecule has 0 aliphatic rings. The molecule has 0 aliphatic heterocycles. The van der Waals surface area contributed by atoms with Gasteiger partial charge in [0.15, 0.2) is 0 Å². The third-order valence-corrected chi connectivity index (χ3v) is 4.01. The fraction of sp³-hybridized carbons (Fsp3) is 0.0556. The lowest BCUT2D eigenvalue weighted by atomic mass is 10.2. The van der Waals surface area contributed by atoms with Gasteiger partial charge in [-0.1, -0.05) is 18.2 Å². The first-order valence-corrected chi connectivity index (χ1v) is 8.17. The van der Waals surface area contributed by atoms with Crippen LogP contribution in [0.1, 0.15) is 16.1 Å². The number of anilines is 2. The van der Waals surface area contributed by atoms with Crippen molar-refractivity contribution >= 4 is 33.3 Å². The number of aromatic nitrogens is 2. The van der Waals surface area contributed by atoms with Crippen molar-refractivity contribution in [3.05, 3.63) is 82.7 Å². The van der Waals surface area contributed by atoms with Crippen LogP contribution in [0.2, 0.25) is 0 Å². The van der Waals surface area contributed by atoms with Crippen LogP contribution in [0.25, 0.3) is 0 Å². The smallest absolute Gasteiger partial charge is 0.253 e. The highest BCUT2D eigenvalue weighted by Crippen LogP contribution is 2.24. The second-order valence-electron chi connectivity index (χ2n) is 5.04. The van der Waals surface area contributed by atoms with E-state index >= 15 is 0 Å². The molecule has 0 bridgehead atoms. The summed E-state index contributed by atoms with van der Waals surface area (Å²) in [6.45, 7) is 0.386. The third kappa shape index (κ3) is 4.17. The number of para-hydroxylation sites is 1. The zero-order valence-corrected chi connectivity index (χ0v) is 14.3. The minimum Gasteiger partial charge on any atom is -0.346 e. The first kappa shape index (κ1) is 16.1. The highest BCUT2D eigenvalue weighted by Gasteiger charge is 2.07. The molecule has 5 nitrogen and oxygen atoms in total. The predicted molar refractivity (Wildman–Crippen MR) is 97.1 cm³/mol. The minimum atomic E-state index is -0.180. The van der Waals surface area contributed by atoms with Gasteiger partial charge in [0.1, 0.15) is 5.82 Å². The Hall–Kier alpha value is -2.73. The van der Waals surface area contributed by atoms with Crippen LogP contribution in [0, 0.1) is 0 Å². The molecule has 6 heteroatoms. The van der Waals surface area contributed by atoms with Crippen molar-refractivity contribution in [3.8, 4) is 0 Å². The average Bonchev–Trinajstić information content (AvgIpc) is 2.63. The number of pyridine rings is 2. The molecule has 120 valence electrons. The molecule has 0 unspecified atom stereocenters. The normalized spacial score (nSPS) is 10.2. The Balaban J connectivity index is 1.61. The molecule has 0 atom stereocenters. The zero-order chi connectivity index (χ0) is 16.8. The standard InChI is InChI=1S/C18H15BrN4O/c19-15-6-1-2-7-16(15)23-17-9-8-13(11-21-17)18(24)22-12-14-5-3-4-10-20-14/h1-11H,12H2,(H,21,23)(H,22,24). The number of nitrogens with one attached hydrogen (secondary N) is 2. The molecule has 2 heterocycles. The minimum absolute atomic E-state index is 0.180. The van der Waals surface area contributed by atoms with Crippen LogP contribution in [-0.2, 0) is 6.54 Å². The monoisotopic (exact) mass is 382 g/mol. The van der Waals surface area contributed by atoms with Crippen LogP contribution in [-0.4, -0.2) is 15.9 Å². The van der Waals surface area contributed by atoms with Crippen LogP contribution in [0.4, 0.5) is 11.5 Å². The van der Waals surface area contributed by atoms with E-state index in [-0.39, 0.29) is 5.91 Å². The van der Waals surface area contributed by atoms with Gasteiger partial charge < -0.3 is 10.6 Å². The summed E-state index contributed by atoms with van der Waals surface area (Å²) in [4.78, 5) is 20.6. The summed E-state index contributed by atoms with van der Waals surface area (Å²) in [5, 5.41) is 6.02. The van der Waals surface area contributed by atoms with E-state index < -0.39 is 0 Å². The fourth-order valence-electron chi connectivity index (χ4n) is 2.08. The van der Waals surface area contributed by atoms with Crippen LogP contribution < -0.4 is 10.6 Å². The highest BCUT2D eigenvalue weighted by atomic mass is 79.9. The number of benzene rings is 1. The number of carbonyl (C=O) groups excluding carboxylic acids is 1. The lowest BCUT2D eigenvalue weighted by Crippen LogP contribution is -2.23. The Morgan fingerprint density at radius 3 is 2.54 bits per heavy atom. The summed E-state index contributed by atoms with van der Waals surface area (Å²) in [6.07, 6.45) is 3.25. The molecule has 0 saturated carbocycles. The van der Waals surface area contributed by atoms with Crippen molar-refractivity contribution in [1.82, 2.24) is 15.3 Å². The van der Waals surface area contributed by atoms with Gasteiger partial charge in [-0.2, -0.15) is 0 Å². The molecule has 2 aromatic heterocycles. The summed E-state index contributed by atoms with van der Waals surface area (Å²) in [7, 11) is 0. The number of halogens is 1. The number of nitrogens with zero attached hydrogens (tertiary/aromatic N) is 2. The van der Waals surface area contributed by atoms with Gasteiger partial charge in [-0.3, -0.25) is 9.78 Å². The molecule has 0 spiro atoms. The lowest BCUT2D eigenvalue weighted by molar-refractivity contribution is 0.0950. The van der Waals surface area contributed by atoms with Gasteiger partial charge in [0, 0.05) is 16.9 Å². The summed E-state index contributed by atoms with van der Waals surface area (Å²) in [6, 6.07) is 16.9. The molecule has 24 heavy (non-hydrogen) atoms. The van der Waals surface area contributed by atoms with Gasteiger partial charge in [0.2, 0.25) is 0 Å². The highest BCUT2D eigenvalue weighted by molar-refractivity contribution is 9.10. The molecule has 3 aromatic rings. The van der Waals surface area contributed by atoms with E-state index in [4.69, 9.17) is 0 Å². The molecule has 0 saturated heterocycles. The quantitative estimate of drug-likeness (QED) is 0.701. The fourth-order valence-corrected chi connectivity index (χ4v) is 2.46. The van der Waals surface area contributed by atoms with Crippen molar-refractivity contribution in [2.24, 2.45) is 0 Å². The summed E-state index contributed by atoms with van der Waals surface area (Å²) < 4.78 is 0.948. The second-order valence-corrected chi connectivity index (χ2v) is 5.90. The largest absolute Gasteiger partial charge is 0.346 e. The average molecular weight is 383 g/mol. The summed E-state index contributed by atoms with van der Waals surface area (Å²) in [5.41, 5.74) is 2.23. The zero-order valence-electron chi connectivity index (χ0n) is 12.7. The van der Waals surface area contributed by atoms with Crippen molar-refractivity contribution in [1.29, 1.82) is 0 Å².